The molecule has 11 heteroatoms. The van der Waals surface area contributed by atoms with Gasteiger partial charge in [0.1, 0.15) is 6.04 Å². The summed E-state index contributed by atoms with van der Waals surface area (Å²) >= 11 is 25.7. The summed E-state index contributed by atoms with van der Waals surface area (Å²) in [5.41, 5.74) is 0.325. The van der Waals surface area contributed by atoms with E-state index in [0.717, 1.165) is 0 Å². The number of ether oxygens (including phenoxy) is 1. The summed E-state index contributed by atoms with van der Waals surface area (Å²) in [6.45, 7) is 0.371. The molecule has 2 aromatic rings. The number of esters is 1. The molecule has 0 bridgehead atoms. The molecular weight excluding hydrogens is 518 g/mol. The Morgan fingerprint density at radius 3 is 1.88 bits per heavy atom. The van der Waals surface area contributed by atoms with E-state index in [0.29, 0.717) is 24.5 Å². The van der Waals surface area contributed by atoms with Crippen molar-refractivity contribution in [2.24, 2.45) is 0 Å². The van der Waals surface area contributed by atoms with Crippen LogP contribution in [0, 0.1) is 0 Å². The van der Waals surface area contributed by atoms with E-state index in [2.05, 4.69) is 10.6 Å². The Morgan fingerprint density at radius 1 is 0.875 bits per heavy atom. The van der Waals surface area contributed by atoms with Crippen LogP contribution in [0.1, 0.15) is 27.1 Å². The van der Waals surface area contributed by atoms with Gasteiger partial charge < -0.3 is 15.4 Å². The molecule has 0 spiro atoms. The zero-order chi connectivity index (χ0) is 23.7. The molecule has 1 atom stereocenters. The van der Waals surface area contributed by atoms with Crippen molar-refractivity contribution < 1.29 is 19.1 Å². The number of hydrogen-bond acceptors (Lipinski definition) is 5. The van der Waals surface area contributed by atoms with Crippen molar-refractivity contribution in [1.82, 2.24) is 10.6 Å². The van der Waals surface area contributed by atoms with Crippen LogP contribution >= 0.6 is 58.2 Å². The molecule has 32 heavy (non-hydrogen) atoms. The van der Waals surface area contributed by atoms with Gasteiger partial charge in [-0.1, -0.05) is 58.5 Å². The molecule has 6 nitrogen and oxygen atoms in total. The first kappa shape index (κ1) is 26.6. The highest BCUT2D eigenvalue weighted by Crippen LogP contribution is 2.25. The molecule has 2 rings (SSSR count). The second-order valence-corrected chi connectivity index (χ2v) is 9.25. The van der Waals surface area contributed by atoms with Crippen LogP contribution in [-0.2, 0) is 9.53 Å². The SMILES string of the molecule is COC(=O)[C@H](CCSCCNC(=O)c1c(Cl)cccc1Cl)NC(=O)c1c(Cl)cccc1Cl. The van der Waals surface area contributed by atoms with Crippen LogP contribution in [0.2, 0.25) is 20.1 Å². The van der Waals surface area contributed by atoms with Crippen molar-refractivity contribution >= 4 is 75.9 Å². The van der Waals surface area contributed by atoms with Gasteiger partial charge in [-0.15, -0.1) is 0 Å². The summed E-state index contributed by atoms with van der Waals surface area (Å²) in [7, 11) is 1.24. The van der Waals surface area contributed by atoms with Crippen LogP contribution in [-0.4, -0.2) is 49.0 Å². The molecule has 0 saturated carbocycles. The van der Waals surface area contributed by atoms with Gasteiger partial charge in [0.2, 0.25) is 0 Å². The van der Waals surface area contributed by atoms with Crippen molar-refractivity contribution in [3.8, 4) is 0 Å². The predicted molar refractivity (Wildman–Crippen MR) is 130 cm³/mol. The topological polar surface area (TPSA) is 84.5 Å². The van der Waals surface area contributed by atoms with Gasteiger partial charge in [-0.2, -0.15) is 11.8 Å². The first-order valence-corrected chi connectivity index (χ1v) is 12.1. The van der Waals surface area contributed by atoms with E-state index in [1.807, 2.05) is 0 Å². The third-order valence-electron chi connectivity index (χ3n) is 4.25. The van der Waals surface area contributed by atoms with Crippen LogP contribution in [0.5, 0.6) is 0 Å². The number of hydrogen-bond donors (Lipinski definition) is 2. The Labute approximate surface area is 210 Å². The molecule has 2 amide bonds. The minimum absolute atomic E-state index is 0.0957. The van der Waals surface area contributed by atoms with Gasteiger partial charge >= 0.3 is 5.97 Å². The maximum absolute atomic E-state index is 12.6. The number of nitrogens with one attached hydrogen (secondary N) is 2. The first-order chi connectivity index (χ1) is 15.3. The van der Waals surface area contributed by atoms with Crippen molar-refractivity contribution in [2.75, 3.05) is 25.2 Å². The number of thioether (sulfide) groups is 1. The molecule has 0 aromatic heterocycles. The Bertz CT molecular complexity index is 950. The normalized spacial score (nSPS) is 11.5. The quantitative estimate of drug-likeness (QED) is 0.324. The van der Waals surface area contributed by atoms with Gasteiger partial charge in [-0.3, -0.25) is 9.59 Å². The fraction of sp³-hybridized carbons (Fsp3) is 0.286. The average Bonchev–Trinajstić information content (AvgIpc) is 2.74. The van der Waals surface area contributed by atoms with Crippen LogP contribution in [0.15, 0.2) is 36.4 Å². The van der Waals surface area contributed by atoms with Crippen molar-refractivity contribution in [3.63, 3.8) is 0 Å². The summed E-state index contributed by atoms with van der Waals surface area (Å²) in [5.74, 6) is -0.406. The Hall–Kier alpha value is -1.64. The zero-order valence-corrected chi connectivity index (χ0v) is 20.8. The Kier molecular flexibility index (Phi) is 10.9. The third kappa shape index (κ3) is 7.46. The van der Waals surface area contributed by atoms with Gasteiger partial charge in [0.25, 0.3) is 11.8 Å². The van der Waals surface area contributed by atoms with E-state index >= 15 is 0 Å². The minimum atomic E-state index is -0.871. The number of carbonyl (C=O) groups excluding carboxylic acids is 3. The Balaban J connectivity index is 1.82. The van der Waals surface area contributed by atoms with E-state index in [9.17, 15) is 14.4 Å². The van der Waals surface area contributed by atoms with Crippen molar-refractivity contribution in [1.29, 1.82) is 0 Å². The van der Waals surface area contributed by atoms with Crippen molar-refractivity contribution in [2.45, 2.75) is 12.5 Å². The van der Waals surface area contributed by atoms with Gasteiger partial charge in [-0.05, 0) is 36.4 Å². The lowest BCUT2D eigenvalue weighted by molar-refractivity contribution is -0.142. The maximum Gasteiger partial charge on any atom is 0.328 e. The van der Waals surface area contributed by atoms with E-state index in [1.165, 1.54) is 31.0 Å². The largest absolute Gasteiger partial charge is 0.467 e. The summed E-state index contributed by atoms with van der Waals surface area (Å²) in [6, 6.07) is 8.67. The summed E-state index contributed by atoms with van der Waals surface area (Å²) in [5, 5.41) is 6.28. The molecule has 172 valence electrons. The second-order valence-electron chi connectivity index (χ2n) is 6.40. The van der Waals surface area contributed by atoms with Gasteiger partial charge in [0.15, 0.2) is 0 Å². The number of halogens is 4. The van der Waals surface area contributed by atoms with E-state index in [4.69, 9.17) is 51.1 Å². The van der Waals surface area contributed by atoms with Gasteiger partial charge in [-0.25, -0.2) is 4.79 Å². The zero-order valence-electron chi connectivity index (χ0n) is 16.9. The highest BCUT2D eigenvalue weighted by Gasteiger charge is 2.24. The number of rotatable bonds is 10. The van der Waals surface area contributed by atoms with Crippen LogP contribution in [0.25, 0.3) is 0 Å². The van der Waals surface area contributed by atoms with Crippen LogP contribution < -0.4 is 10.6 Å². The molecule has 2 aromatic carbocycles. The molecule has 0 aliphatic carbocycles. The lowest BCUT2D eigenvalue weighted by Gasteiger charge is -2.17. The molecule has 0 unspecified atom stereocenters. The van der Waals surface area contributed by atoms with Crippen LogP contribution in [0.3, 0.4) is 0 Å². The molecule has 0 aliphatic rings. The lowest BCUT2D eigenvalue weighted by atomic mass is 10.1. The smallest absolute Gasteiger partial charge is 0.328 e. The minimum Gasteiger partial charge on any atom is -0.467 e. The molecule has 0 aliphatic heterocycles. The van der Waals surface area contributed by atoms with E-state index < -0.39 is 17.9 Å². The summed E-state index contributed by atoms with van der Waals surface area (Å²) in [4.78, 5) is 36.9. The second kappa shape index (κ2) is 13.2. The Morgan fingerprint density at radius 2 is 1.38 bits per heavy atom. The molecule has 0 fully saturated rings. The van der Waals surface area contributed by atoms with Gasteiger partial charge in [0.05, 0.1) is 38.3 Å². The number of amides is 2. The monoisotopic (exact) mass is 536 g/mol. The number of carbonyl (C=O) groups is 3. The molecule has 0 heterocycles. The van der Waals surface area contributed by atoms with Gasteiger partial charge in [0, 0.05) is 12.3 Å². The molecule has 0 radical (unpaired) electrons. The van der Waals surface area contributed by atoms with E-state index in [1.54, 1.807) is 24.3 Å². The third-order valence-corrected chi connectivity index (χ3v) is 6.53. The summed E-state index contributed by atoms with van der Waals surface area (Å²) in [6.07, 6.45) is 0.315. The highest BCUT2D eigenvalue weighted by atomic mass is 35.5. The standard InChI is InChI=1S/C21H20Cl4N2O4S/c1-31-21(30)16(27-20(29)18-14(24)6-3-7-15(18)25)8-10-32-11-9-26-19(28)17-12(22)4-2-5-13(17)23/h2-7,16H,8-11H2,1H3,(H,26,28)(H,27,29)/t16-/m0/s1. The fourth-order valence-electron chi connectivity index (χ4n) is 2.68. The number of benzene rings is 2. The maximum atomic E-state index is 12.6. The first-order valence-electron chi connectivity index (χ1n) is 9.39. The fourth-order valence-corrected chi connectivity index (χ4v) is 4.67. The molecule has 0 saturated heterocycles. The highest BCUT2D eigenvalue weighted by molar-refractivity contribution is 7.99. The lowest BCUT2D eigenvalue weighted by Crippen LogP contribution is -2.42. The predicted octanol–water partition coefficient (Wildman–Crippen LogP) is 5.12. The number of methoxy groups -OCH3 is 1. The summed E-state index contributed by atoms with van der Waals surface area (Å²) < 4.78 is 4.78. The van der Waals surface area contributed by atoms with E-state index in [-0.39, 0.29) is 37.1 Å². The van der Waals surface area contributed by atoms with Crippen LogP contribution in [0.4, 0.5) is 0 Å². The molecular formula is C21H20Cl4N2O4S. The van der Waals surface area contributed by atoms with Crippen molar-refractivity contribution in [3.05, 3.63) is 67.6 Å². The average molecular weight is 538 g/mol. The molecule has 2 N–H and O–H groups in total.